The van der Waals surface area contributed by atoms with Crippen LogP contribution >= 0.6 is 11.6 Å². The molecular formula is C12H15ClN2O4. The summed E-state index contributed by atoms with van der Waals surface area (Å²) in [6, 6.07) is 4.23. The van der Waals surface area contributed by atoms with Crippen LogP contribution in [0.5, 0.6) is 0 Å². The second-order valence-electron chi connectivity index (χ2n) is 3.87. The summed E-state index contributed by atoms with van der Waals surface area (Å²) in [4.78, 5) is 23.1. The summed E-state index contributed by atoms with van der Waals surface area (Å²) >= 11 is 5.98. The molecule has 0 amide bonds. The maximum absolute atomic E-state index is 11.2. The highest BCUT2D eigenvalue weighted by atomic mass is 35.5. The van der Waals surface area contributed by atoms with Crippen LogP contribution < -0.4 is 4.90 Å². The van der Waals surface area contributed by atoms with Crippen LogP contribution in [0.2, 0.25) is 5.02 Å². The van der Waals surface area contributed by atoms with Crippen LogP contribution in [-0.4, -0.2) is 31.1 Å². The van der Waals surface area contributed by atoms with Gasteiger partial charge in [-0.15, -0.1) is 0 Å². The molecule has 0 aliphatic heterocycles. The summed E-state index contributed by atoms with van der Waals surface area (Å²) in [5, 5.41) is 10.9. The zero-order chi connectivity index (χ0) is 14.4. The third-order valence-electron chi connectivity index (χ3n) is 2.51. The molecule has 0 aliphatic rings. The van der Waals surface area contributed by atoms with Crippen LogP contribution in [0, 0.1) is 10.1 Å². The van der Waals surface area contributed by atoms with Crippen molar-refractivity contribution in [3.8, 4) is 0 Å². The predicted octanol–water partition coefficient (Wildman–Crippen LogP) is 2.64. The van der Waals surface area contributed by atoms with Gasteiger partial charge in [0.1, 0.15) is 0 Å². The highest BCUT2D eigenvalue weighted by molar-refractivity contribution is 6.33. The maximum atomic E-state index is 11.2. The molecule has 0 saturated heterocycles. The first-order chi connectivity index (χ1) is 8.95. The first-order valence-electron chi connectivity index (χ1n) is 5.76. The van der Waals surface area contributed by atoms with Crippen molar-refractivity contribution in [1.29, 1.82) is 0 Å². The Morgan fingerprint density at radius 3 is 2.74 bits per heavy atom. The number of nitro groups is 1. The third-order valence-corrected chi connectivity index (χ3v) is 2.81. The molecule has 0 atom stereocenters. The third kappa shape index (κ3) is 4.40. The lowest BCUT2D eigenvalue weighted by Crippen LogP contribution is -2.22. The molecule has 6 nitrogen and oxygen atoms in total. The Morgan fingerprint density at radius 2 is 2.21 bits per heavy atom. The molecule has 19 heavy (non-hydrogen) atoms. The number of nitro benzene ring substituents is 1. The standard InChI is InChI=1S/C12H15ClN2O4/c1-3-19-12(16)6-7-14(2)11-5-4-9(15(17)18)8-10(11)13/h4-5,8H,3,6-7H2,1-2H3. The average molecular weight is 287 g/mol. The fourth-order valence-corrected chi connectivity index (χ4v) is 1.85. The molecule has 1 aromatic carbocycles. The van der Waals surface area contributed by atoms with Crippen molar-refractivity contribution in [2.75, 3.05) is 25.1 Å². The van der Waals surface area contributed by atoms with Crippen molar-refractivity contribution in [3.05, 3.63) is 33.3 Å². The molecule has 0 aromatic heterocycles. The van der Waals surface area contributed by atoms with Crippen molar-refractivity contribution in [2.45, 2.75) is 13.3 Å². The summed E-state index contributed by atoms with van der Waals surface area (Å²) < 4.78 is 4.82. The molecule has 1 aromatic rings. The van der Waals surface area contributed by atoms with Gasteiger partial charge in [-0.05, 0) is 13.0 Å². The van der Waals surface area contributed by atoms with Crippen molar-refractivity contribution < 1.29 is 14.5 Å². The minimum atomic E-state index is -0.506. The number of hydrogen-bond acceptors (Lipinski definition) is 5. The summed E-state index contributed by atoms with van der Waals surface area (Å²) in [5.41, 5.74) is 0.573. The van der Waals surface area contributed by atoms with Gasteiger partial charge in [0, 0.05) is 25.7 Å². The summed E-state index contributed by atoms with van der Waals surface area (Å²) in [6.45, 7) is 2.52. The Hall–Kier alpha value is -1.82. The van der Waals surface area contributed by atoms with Gasteiger partial charge in [-0.25, -0.2) is 0 Å². The van der Waals surface area contributed by atoms with E-state index < -0.39 is 4.92 Å². The number of ether oxygens (including phenoxy) is 1. The fraction of sp³-hybridized carbons (Fsp3) is 0.417. The van der Waals surface area contributed by atoms with Crippen molar-refractivity contribution >= 4 is 28.9 Å². The number of halogens is 1. The van der Waals surface area contributed by atoms with E-state index >= 15 is 0 Å². The molecule has 0 saturated carbocycles. The van der Waals surface area contributed by atoms with Crippen molar-refractivity contribution in [2.24, 2.45) is 0 Å². The number of non-ortho nitro benzene ring substituents is 1. The quantitative estimate of drug-likeness (QED) is 0.457. The Kier molecular flexibility index (Phi) is 5.57. The number of rotatable bonds is 6. The second kappa shape index (κ2) is 6.94. The highest BCUT2D eigenvalue weighted by Crippen LogP contribution is 2.29. The number of carbonyl (C=O) groups excluding carboxylic acids is 1. The highest BCUT2D eigenvalue weighted by Gasteiger charge is 2.13. The van der Waals surface area contributed by atoms with Crippen LogP contribution in [0.15, 0.2) is 18.2 Å². The van der Waals surface area contributed by atoms with Crippen LogP contribution in [0.1, 0.15) is 13.3 Å². The summed E-state index contributed by atoms with van der Waals surface area (Å²) in [7, 11) is 1.76. The normalized spacial score (nSPS) is 10.1. The Bertz CT molecular complexity index is 479. The Morgan fingerprint density at radius 1 is 1.53 bits per heavy atom. The fourth-order valence-electron chi connectivity index (χ4n) is 1.53. The minimum Gasteiger partial charge on any atom is -0.466 e. The molecule has 0 radical (unpaired) electrons. The van der Waals surface area contributed by atoms with E-state index in [2.05, 4.69) is 0 Å². The van der Waals surface area contributed by atoms with Gasteiger partial charge in [-0.3, -0.25) is 14.9 Å². The molecular weight excluding hydrogens is 272 g/mol. The van der Waals surface area contributed by atoms with E-state index in [-0.39, 0.29) is 23.1 Å². The first-order valence-corrected chi connectivity index (χ1v) is 6.14. The summed E-state index contributed by atoms with van der Waals surface area (Å²) in [6.07, 6.45) is 0.234. The Balaban J connectivity index is 2.69. The van der Waals surface area contributed by atoms with Crippen LogP contribution in [0.3, 0.4) is 0 Å². The van der Waals surface area contributed by atoms with Gasteiger partial charge in [0.15, 0.2) is 0 Å². The van der Waals surface area contributed by atoms with Gasteiger partial charge in [0.2, 0.25) is 0 Å². The average Bonchev–Trinajstić information content (AvgIpc) is 2.36. The molecule has 7 heteroatoms. The van der Waals surface area contributed by atoms with E-state index in [1.165, 1.54) is 12.1 Å². The lowest BCUT2D eigenvalue weighted by atomic mass is 10.2. The van der Waals surface area contributed by atoms with E-state index in [1.54, 1.807) is 24.9 Å². The van der Waals surface area contributed by atoms with E-state index in [1.807, 2.05) is 0 Å². The van der Waals surface area contributed by atoms with Gasteiger partial charge in [-0.2, -0.15) is 0 Å². The molecule has 1 rings (SSSR count). The van der Waals surface area contributed by atoms with Crippen molar-refractivity contribution in [1.82, 2.24) is 0 Å². The molecule has 0 unspecified atom stereocenters. The zero-order valence-corrected chi connectivity index (χ0v) is 11.5. The lowest BCUT2D eigenvalue weighted by molar-refractivity contribution is -0.384. The lowest BCUT2D eigenvalue weighted by Gasteiger charge is -2.19. The summed E-state index contributed by atoms with van der Waals surface area (Å²) in [5.74, 6) is -0.285. The van der Waals surface area contributed by atoms with E-state index in [9.17, 15) is 14.9 Å². The molecule has 0 bridgehead atoms. The molecule has 104 valence electrons. The zero-order valence-electron chi connectivity index (χ0n) is 10.8. The number of hydrogen-bond donors (Lipinski definition) is 0. The largest absolute Gasteiger partial charge is 0.466 e. The molecule has 0 N–H and O–H groups in total. The van der Waals surface area contributed by atoms with Crippen molar-refractivity contribution in [3.63, 3.8) is 0 Å². The number of benzene rings is 1. The van der Waals surface area contributed by atoms with E-state index in [0.29, 0.717) is 18.8 Å². The molecule has 0 aliphatic carbocycles. The van der Waals surface area contributed by atoms with Crippen LogP contribution in [0.25, 0.3) is 0 Å². The van der Waals surface area contributed by atoms with Gasteiger partial charge >= 0.3 is 5.97 Å². The first kappa shape index (κ1) is 15.2. The predicted molar refractivity (Wildman–Crippen MR) is 72.6 cm³/mol. The van der Waals surface area contributed by atoms with Crippen LogP contribution in [0.4, 0.5) is 11.4 Å². The molecule has 0 heterocycles. The number of carbonyl (C=O) groups is 1. The van der Waals surface area contributed by atoms with Gasteiger partial charge in [0.05, 0.1) is 28.7 Å². The number of nitrogens with zero attached hydrogens (tertiary/aromatic N) is 2. The van der Waals surface area contributed by atoms with E-state index in [0.717, 1.165) is 0 Å². The minimum absolute atomic E-state index is 0.0625. The smallest absolute Gasteiger partial charge is 0.307 e. The number of esters is 1. The maximum Gasteiger partial charge on any atom is 0.307 e. The molecule has 0 fully saturated rings. The Labute approximate surface area is 116 Å². The second-order valence-corrected chi connectivity index (χ2v) is 4.28. The number of anilines is 1. The monoisotopic (exact) mass is 286 g/mol. The van der Waals surface area contributed by atoms with E-state index in [4.69, 9.17) is 16.3 Å². The van der Waals surface area contributed by atoms with Gasteiger partial charge in [-0.1, -0.05) is 11.6 Å². The van der Waals surface area contributed by atoms with Gasteiger partial charge < -0.3 is 9.64 Å². The SMILES string of the molecule is CCOC(=O)CCN(C)c1ccc([N+](=O)[O-])cc1Cl. The van der Waals surface area contributed by atoms with Crippen LogP contribution in [-0.2, 0) is 9.53 Å². The molecule has 0 spiro atoms. The van der Waals surface area contributed by atoms with Gasteiger partial charge in [0.25, 0.3) is 5.69 Å². The topological polar surface area (TPSA) is 72.7 Å².